The molecule has 0 saturated carbocycles. The fourth-order valence-corrected chi connectivity index (χ4v) is 1.46. The predicted octanol–water partition coefficient (Wildman–Crippen LogP) is 2.89. The number of rotatable bonds is 1. The summed E-state index contributed by atoms with van der Waals surface area (Å²) in [5.41, 5.74) is 0.915. The fourth-order valence-electron chi connectivity index (χ4n) is 1.46. The van der Waals surface area contributed by atoms with Crippen molar-refractivity contribution in [3.05, 3.63) is 42.5 Å². The third-order valence-electron chi connectivity index (χ3n) is 2.23. The van der Waals surface area contributed by atoms with E-state index in [0.29, 0.717) is 10.8 Å². The average Bonchev–Trinajstić information content (AvgIpc) is 2.23. The van der Waals surface area contributed by atoms with Gasteiger partial charge in [-0.25, -0.2) is 0 Å². The predicted molar refractivity (Wildman–Crippen MR) is 57.4 cm³/mol. The zero-order valence-electron chi connectivity index (χ0n) is 7.57. The summed E-state index contributed by atoms with van der Waals surface area (Å²) in [5.74, 6) is 0.343. The second-order valence-electron chi connectivity index (χ2n) is 3.11. The lowest BCUT2D eigenvalue weighted by Crippen LogP contribution is -1.77. The largest absolute Gasteiger partial charge is 0.507 e. The Morgan fingerprint density at radius 2 is 1.57 bits per heavy atom. The van der Waals surface area contributed by atoms with Gasteiger partial charge in [-0.15, -0.1) is 0 Å². The fraction of sp³-hybridized carbons (Fsp3) is 0. The van der Waals surface area contributed by atoms with Gasteiger partial charge in [0, 0.05) is 10.8 Å². The molecule has 2 rings (SSSR count). The van der Waals surface area contributed by atoms with E-state index in [1.807, 2.05) is 6.07 Å². The summed E-state index contributed by atoms with van der Waals surface area (Å²) < 4.78 is 0. The molecule has 2 nitrogen and oxygen atoms in total. The van der Waals surface area contributed by atoms with E-state index in [9.17, 15) is 10.2 Å². The van der Waals surface area contributed by atoms with E-state index in [1.165, 1.54) is 12.1 Å². The van der Waals surface area contributed by atoms with Crippen LogP contribution in [0, 0.1) is 0 Å². The molecule has 2 aromatic rings. The summed E-state index contributed by atoms with van der Waals surface area (Å²) in [5, 5.41) is 20.4. The maximum atomic E-state index is 9.57. The van der Waals surface area contributed by atoms with Crippen LogP contribution in [0.3, 0.4) is 0 Å². The van der Waals surface area contributed by atoms with Gasteiger partial charge in [0.15, 0.2) is 0 Å². The zero-order valence-corrected chi connectivity index (χ0v) is 7.57. The Bertz CT molecular complexity index is 501. The van der Waals surface area contributed by atoms with E-state index < -0.39 is 0 Å². The third kappa shape index (κ3) is 1.21. The molecule has 0 saturated heterocycles. The van der Waals surface area contributed by atoms with Crippen LogP contribution in [0.5, 0.6) is 11.5 Å². The number of hydrogen-bond acceptors (Lipinski definition) is 2. The molecule has 2 heteroatoms. The topological polar surface area (TPSA) is 40.5 Å². The number of phenolic OH excluding ortho intramolecular Hbond substituents is 2. The molecule has 0 spiro atoms. The minimum Gasteiger partial charge on any atom is -0.507 e. The van der Waals surface area contributed by atoms with Crippen molar-refractivity contribution in [2.75, 3.05) is 0 Å². The number of aromatic hydroxyl groups is 2. The molecule has 0 aliphatic heterocycles. The summed E-state index contributed by atoms with van der Waals surface area (Å²) in [7, 11) is 0. The Balaban J connectivity index is 2.86. The van der Waals surface area contributed by atoms with E-state index >= 15 is 0 Å². The first-order valence-corrected chi connectivity index (χ1v) is 4.29. The Hall–Kier alpha value is -1.96. The maximum Gasteiger partial charge on any atom is 0.123 e. The summed E-state index contributed by atoms with van der Waals surface area (Å²) in [6.45, 7) is 3.65. The van der Waals surface area contributed by atoms with E-state index in [0.717, 1.165) is 5.56 Å². The van der Waals surface area contributed by atoms with Crippen LogP contribution < -0.4 is 0 Å². The molecule has 0 bridgehead atoms. The molecular formula is C12H10O2. The van der Waals surface area contributed by atoms with Gasteiger partial charge in [0.1, 0.15) is 11.5 Å². The van der Waals surface area contributed by atoms with Gasteiger partial charge < -0.3 is 10.2 Å². The first kappa shape index (κ1) is 8.63. The van der Waals surface area contributed by atoms with Gasteiger partial charge in [-0.2, -0.15) is 0 Å². The quantitative estimate of drug-likeness (QED) is 0.672. The molecule has 0 amide bonds. The number of fused-ring (bicyclic) bond motifs is 1. The summed E-state index contributed by atoms with van der Waals surface area (Å²) in [6, 6.07) is 8.35. The van der Waals surface area contributed by atoms with Crippen molar-refractivity contribution >= 4 is 16.8 Å². The molecule has 0 heterocycles. The van der Waals surface area contributed by atoms with E-state index in [1.54, 1.807) is 18.2 Å². The van der Waals surface area contributed by atoms with Crippen LogP contribution in [0.1, 0.15) is 5.56 Å². The van der Waals surface area contributed by atoms with Crippen LogP contribution in [0.15, 0.2) is 36.9 Å². The van der Waals surface area contributed by atoms with Gasteiger partial charge in [0.05, 0.1) is 0 Å². The maximum absolute atomic E-state index is 9.57. The van der Waals surface area contributed by atoms with Gasteiger partial charge in [0.2, 0.25) is 0 Å². The van der Waals surface area contributed by atoms with Crippen LogP contribution in [-0.2, 0) is 0 Å². The molecule has 0 aliphatic rings. The molecule has 0 unspecified atom stereocenters. The highest BCUT2D eigenvalue weighted by atomic mass is 16.3. The number of phenols is 2. The SMILES string of the molecule is C=Cc1ccc2c(O)ccc(O)c2c1. The molecular weight excluding hydrogens is 176 g/mol. The second kappa shape index (κ2) is 3.07. The lowest BCUT2D eigenvalue weighted by atomic mass is 10.1. The van der Waals surface area contributed by atoms with Crippen molar-refractivity contribution in [2.45, 2.75) is 0 Å². The molecule has 2 N–H and O–H groups in total. The van der Waals surface area contributed by atoms with Crippen molar-refractivity contribution in [2.24, 2.45) is 0 Å². The zero-order chi connectivity index (χ0) is 10.1. The van der Waals surface area contributed by atoms with E-state index in [-0.39, 0.29) is 11.5 Å². The second-order valence-corrected chi connectivity index (χ2v) is 3.11. The summed E-state index contributed by atoms with van der Waals surface area (Å²) >= 11 is 0. The van der Waals surface area contributed by atoms with Gasteiger partial charge in [0.25, 0.3) is 0 Å². The molecule has 0 aliphatic carbocycles. The minimum atomic E-state index is 0.168. The lowest BCUT2D eigenvalue weighted by molar-refractivity contribution is 0.469. The molecule has 0 fully saturated rings. The van der Waals surface area contributed by atoms with Crippen LogP contribution >= 0.6 is 0 Å². The first-order chi connectivity index (χ1) is 6.72. The Morgan fingerprint density at radius 3 is 2.21 bits per heavy atom. The standard InChI is InChI=1S/C12H10O2/c1-2-8-3-4-9-10(7-8)12(14)6-5-11(9)13/h2-7,13-14H,1H2. The van der Waals surface area contributed by atoms with Crippen LogP contribution in [0.25, 0.3) is 16.8 Å². The van der Waals surface area contributed by atoms with Crippen molar-refractivity contribution < 1.29 is 10.2 Å². The Kier molecular flexibility index (Phi) is 1.89. The van der Waals surface area contributed by atoms with Gasteiger partial charge in [-0.05, 0) is 29.8 Å². The van der Waals surface area contributed by atoms with Crippen molar-refractivity contribution in [3.63, 3.8) is 0 Å². The number of hydrogen-bond donors (Lipinski definition) is 2. The molecule has 0 radical (unpaired) electrons. The van der Waals surface area contributed by atoms with Gasteiger partial charge in [-0.3, -0.25) is 0 Å². The lowest BCUT2D eigenvalue weighted by Gasteiger charge is -2.04. The van der Waals surface area contributed by atoms with Gasteiger partial charge >= 0.3 is 0 Å². The molecule has 2 aromatic carbocycles. The molecule has 0 atom stereocenters. The van der Waals surface area contributed by atoms with E-state index in [2.05, 4.69) is 6.58 Å². The average molecular weight is 186 g/mol. The number of benzene rings is 2. The first-order valence-electron chi connectivity index (χ1n) is 4.29. The van der Waals surface area contributed by atoms with Crippen molar-refractivity contribution in [1.29, 1.82) is 0 Å². The third-order valence-corrected chi connectivity index (χ3v) is 2.23. The van der Waals surface area contributed by atoms with Gasteiger partial charge in [-0.1, -0.05) is 18.7 Å². The summed E-state index contributed by atoms with van der Waals surface area (Å²) in [4.78, 5) is 0. The van der Waals surface area contributed by atoms with Crippen LogP contribution in [0.4, 0.5) is 0 Å². The molecule has 70 valence electrons. The van der Waals surface area contributed by atoms with Crippen LogP contribution in [0.2, 0.25) is 0 Å². The highest BCUT2D eigenvalue weighted by Crippen LogP contribution is 2.32. The molecule has 14 heavy (non-hydrogen) atoms. The van der Waals surface area contributed by atoms with Crippen LogP contribution in [-0.4, -0.2) is 10.2 Å². The molecule has 0 aromatic heterocycles. The van der Waals surface area contributed by atoms with Crippen molar-refractivity contribution in [3.8, 4) is 11.5 Å². The monoisotopic (exact) mass is 186 g/mol. The minimum absolute atomic E-state index is 0.168. The van der Waals surface area contributed by atoms with E-state index in [4.69, 9.17) is 0 Å². The highest BCUT2D eigenvalue weighted by Gasteiger charge is 2.03. The Morgan fingerprint density at radius 1 is 0.929 bits per heavy atom. The normalized spacial score (nSPS) is 10.3. The summed E-state index contributed by atoms with van der Waals surface area (Å²) in [6.07, 6.45) is 1.70. The smallest absolute Gasteiger partial charge is 0.123 e. The Labute approximate surface area is 81.7 Å². The highest BCUT2D eigenvalue weighted by molar-refractivity contribution is 5.94. The van der Waals surface area contributed by atoms with Crippen molar-refractivity contribution in [1.82, 2.24) is 0 Å².